The maximum absolute atomic E-state index is 5.82. The van der Waals surface area contributed by atoms with E-state index in [-0.39, 0.29) is 5.38 Å². The molecule has 2 rings (SSSR count). The van der Waals surface area contributed by atoms with Crippen molar-refractivity contribution in [2.24, 2.45) is 5.41 Å². The number of anilines is 1. The summed E-state index contributed by atoms with van der Waals surface area (Å²) in [4.78, 5) is 0. The molecule has 0 aromatic carbocycles. The van der Waals surface area contributed by atoms with Gasteiger partial charge in [0, 0.05) is 6.54 Å². The molecule has 84 valence electrons. The summed E-state index contributed by atoms with van der Waals surface area (Å²) < 4.78 is 5.34. The zero-order valence-corrected chi connectivity index (χ0v) is 9.84. The molecule has 1 saturated carbocycles. The maximum atomic E-state index is 5.82. The van der Waals surface area contributed by atoms with Gasteiger partial charge in [-0.05, 0) is 25.2 Å². The lowest BCUT2D eigenvalue weighted by molar-refractivity contribution is 0.178. The van der Waals surface area contributed by atoms with Crippen LogP contribution in [0.3, 0.4) is 0 Å². The minimum absolute atomic E-state index is 0.229. The summed E-state index contributed by atoms with van der Waals surface area (Å²) in [5.74, 6) is 0.470. The number of alkyl halides is 1. The van der Waals surface area contributed by atoms with Gasteiger partial charge in [0.15, 0.2) is 0 Å². The molecule has 1 N–H and O–H groups in total. The minimum atomic E-state index is -0.229. The fourth-order valence-electron chi connectivity index (χ4n) is 1.71. The fraction of sp³-hybridized carbons (Fsp3) is 0.800. The fourth-order valence-corrected chi connectivity index (χ4v) is 1.80. The van der Waals surface area contributed by atoms with E-state index in [1.54, 1.807) is 0 Å². The molecular weight excluding hydrogens is 214 g/mol. The molecular formula is C10H16ClN3O. The molecule has 1 aromatic rings. The number of nitrogens with one attached hydrogen (secondary N) is 1. The van der Waals surface area contributed by atoms with Gasteiger partial charge in [0.1, 0.15) is 5.38 Å². The van der Waals surface area contributed by atoms with Crippen molar-refractivity contribution in [1.82, 2.24) is 10.2 Å². The summed E-state index contributed by atoms with van der Waals surface area (Å²) in [6, 6.07) is 0.477. The molecule has 1 aliphatic carbocycles. The average Bonchev–Trinajstić information content (AvgIpc) is 2.60. The zero-order chi connectivity index (χ0) is 10.9. The molecule has 0 spiro atoms. The topological polar surface area (TPSA) is 51.0 Å². The molecule has 0 saturated heterocycles. The first-order valence-electron chi connectivity index (χ1n) is 5.30. The van der Waals surface area contributed by atoms with Crippen LogP contribution in [0.15, 0.2) is 4.42 Å². The lowest BCUT2D eigenvalue weighted by Gasteiger charge is -2.38. The third kappa shape index (κ3) is 2.43. The Morgan fingerprint density at radius 3 is 2.73 bits per heavy atom. The van der Waals surface area contributed by atoms with Crippen LogP contribution >= 0.6 is 11.6 Å². The summed E-state index contributed by atoms with van der Waals surface area (Å²) >= 11 is 5.82. The van der Waals surface area contributed by atoms with Gasteiger partial charge >= 0.3 is 6.01 Å². The molecule has 4 nitrogen and oxygen atoms in total. The van der Waals surface area contributed by atoms with Gasteiger partial charge in [-0.15, -0.1) is 16.7 Å². The van der Waals surface area contributed by atoms with Gasteiger partial charge in [-0.3, -0.25) is 0 Å². The Bertz CT molecular complexity index is 333. The van der Waals surface area contributed by atoms with Gasteiger partial charge in [0.05, 0.1) is 0 Å². The van der Waals surface area contributed by atoms with Crippen LogP contribution in [0.1, 0.15) is 44.4 Å². The van der Waals surface area contributed by atoms with Crippen molar-refractivity contribution in [3.63, 3.8) is 0 Å². The van der Waals surface area contributed by atoms with E-state index >= 15 is 0 Å². The van der Waals surface area contributed by atoms with Crippen molar-refractivity contribution in [1.29, 1.82) is 0 Å². The average molecular weight is 230 g/mol. The van der Waals surface area contributed by atoms with Crippen molar-refractivity contribution in [3.05, 3.63) is 5.89 Å². The molecule has 1 atom stereocenters. The van der Waals surface area contributed by atoms with Gasteiger partial charge in [-0.2, -0.15) is 0 Å². The molecule has 1 aromatic heterocycles. The van der Waals surface area contributed by atoms with Crippen molar-refractivity contribution in [2.75, 3.05) is 11.9 Å². The largest absolute Gasteiger partial charge is 0.407 e. The smallest absolute Gasteiger partial charge is 0.315 e. The zero-order valence-electron chi connectivity index (χ0n) is 9.09. The van der Waals surface area contributed by atoms with E-state index in [0.717, 1.165) is 6.54 Å². The Morgan fingerprint density at radius 2 is 2.27 bits per heavy atom. The Labute approximate surface area is 94.4 Å². The first kappa shape index (κ1) is 10.7. The van der Waals surface area contributed by atoms with E-state index in [0.29, 0.717) is 17.3 Å². The van der Waals surface area contributed by atoms with Crippen LogP contribution in [-0.4, -0.2) is 16.7 Å². The highest BCUT2D eigenvalue weighted by molar-refractivity contribution is 6.20. The van der Waals surface area contributed by atoms with Crippen LogP contribution in [-0.2, 0) is 0 Å². The van der Waals surface area contributed by atoms with Crippen molar-refractivity contribution in [3.8, 4) is 0 Å². The molecule has 1 unspecified atom stereocenters. The highest BCUT2D eigenvalue weighted by Crippen LogP contribution is 2.40. The second-order valence-corrected chi connectivity index (χ2v) is 5.23. The van der Waals surface area contributed by atoms with Crippen molar-refractivity contribution < 1.29 is 4.42 Å². The Kier molecular flexibility index (Phi) is 2.87. The standard InChI is InChI=1S/C10H16ClN3O/c1-7(11)8-13-14-9(15-8)12-6-10(2)4-3-5-10/h7H,3-6H2,1-2H3,(H,12,14). The van der Waals surface area contributed by atoms with Crippen LogP contribution in [0, 0.1) is 5.41 Å². The predicted octanol–water partition coefficient (Wildman–Crippen LogP) is 2.97. The Balaban J connectivity index is 1.88. The molecule has 1 aliphatic rings. The molecule has 0 aliphatic heterocycles. The highest BCUT2D eigenvalue weighted by atomic mass is 35.5. The number of nitrogens with zero attached hydrogens (tertiary/aromatic N) is 2. The van der Waals surface area contributed by atoms with Gasteiger partial charge in [-0.1, -0.05) is 18.4 Å². The van der Waals surface area contributed by atoms with Gasteiger partial charge < -0.3 is 9.73 Å². The SMILES string of the molecule is CC(Cl)c1nnc(NCC2(C)CCC2)o1. The van der Waals surface area contributed by atoms with Crippen LogP contribution in [0.2, 0.25) is 0 Å². The molecule has 5 heteroatoms. The van der Waals surface area contributed by atoms with Crippen LogP contribution in [0.25, 0.3) is 0 Å². The van der Waals surface area contributed by atoms with E-state index in [1.165, 1.54) is 19.3 Å². The van der Waals surface area contributed by atoms with Crippen LogP contribution in [0.4, 0.5) is 6.01 Å². The molecule has 1 fully saturated rings. The van der Waals surface area contributed by atoms with Gasteiger partial charge in [0.25, 0.3) is 0 Å². The Morgan fingerprint density at radius 1 is 1.53 bits per heavy atom. The number of aromatic nitrogens is 2. The molecule has 0 radical (unpaired) electrons. The number of hydrogen-bond acceptors (Lipinski definition) is 4. The van der Waals surface area contributed by atoms with E-state index < -0.39 is 0 Å². The van der Waals surface area contributed by atoms with E-state index in [1.807, 2.05) is 6.92 Å². The van der Waals surface area contributed by atoms with Crippen molar-refractivity contribution in [2.45, 2.75) is 38.5 Å². The summed E-state index contributed by atoms with van der Waals surface area (Å²) in [5, 5.41) is 10.7. The quantitative estimate of drug-likeness (QED) is 0.807. The third-order valence-corrected chi connectivity index (χ3v) is 3.19. The Hall–Kier alpha value is -0.770. The molecule has 15 heavy (non-hydrogen) atoms. The van der Waals surface area contributed by atoms with Crippen LogP contribution in [0.5, 0.6) is 0 Å². The first-order valence-corrected chi connectivity index (χ1v) is 5.74. The second kappa shape index (κ2) is 4.00. The normalized spacial score (nSPS) is 20.7. The lowest BCUT2D eigenvalue weighted by atomic mass is 9.70. The van der Waals surface area contributed by atoms with Gasteiger partial charge in [-0.25, -0.2) is 0 Å². The minimum Gasteiger partial charge on any atom is -0.407 e. The number of halogens is 1. The summed E-state index contributed by atoms with van der Waals surface area (Å²) in [6.45, 7) is 4.97. The summed E-state index contributed by atoms with van der Waals surface area (Å²) in [6.07, 6.45) is 3.87. The number of hydrogen-bond donors (Lipinski definition) is 1. The molecule has 0 amide bonds. The molecule has 0 bridgehead atoms. The van der Waals surface area contributed by atoms with E-state index in [2.05, 4.69) is 22.4 Å². The first-order chi connectivity index (χ1) is 7.09. The number of rotatable bonds is 4. The van der Waals surface area contributed by atoms with Gasteiger partial charge in [0.2, 0.25) is 5.89 Å². The summed E-state index contributed by atoms with van der Waals surface area (Å²) in [5.41, 5.74) is 0.404. The monoisotopic (exact) mass is 229 g/mol. The summed E-state index contributed by atoms with van der Waals surface area (Å²) in [7, 11) is 0. The van der Waals surface area contributed by atoms with E-state index in [9.17, 15) is 0 Å². The third-order valence-electron chi connectivity index (χ3n) is 3.01. The maximum Gasteiger partial charge on any atom is 0.315 e. The van der Waals surface area contributed by atoms with E-state index in [4.69, 9.17) is 16.0 Å². The highest BCUT2D eigenvalue weighted by Gasteiger charge is 2.31. The van der Waals surface area contributed by atoms with Crippen molar-refractivity contribution >= 4 is 17.6 Å². The van der Waals surface area contributed by atoms with Crippen LogP contribution < -0.4 is 5.32 Å². The predicted molar refractivity (Wildman–Crippen MR) is 59.0 cm³/mol. The lowest BCUT2D eigenvalue weighted by Crippen LogP contribution is -2.33. The molecule has 1 heterocycles. The second-order valence-electron chi connectivity index (χ2n) is 4.58.